The van der Waals surface area contributed by atoms with E-state index in [-0.39, 0.29) is 22.2 Å². The van der Waals surface area contributed by atoms with E-state index in [9.17, 15) is 19.5 Å². The number of hydrogen-bond acceptors (Lipinski definition) is 9. The van der Waals surface area contributed by atoms with Gasteiger partial charge in [-0.05, 0) is 12.1 Å². The van der Waals surface area contributed by atoms with Crippen LogP contribution in [-0.4, -0.2) is 67.2 Å². The Morgan fingerprint density at radius 3 is 2.94 bits per heavy atom. The SMILES string of the molecule is CO/N=C(/C(=O)NC1C(=O)N2C(C(=O)O)=C(C[n+]3cc4ccccn4c3)CSC12)c1csc(N)n1. The Morgan fingerprint density at radius 2 is 2.26 bits per heavy atom. The van der Waals surface area contributed by atoms with Crippen LogP contribution >= 0.6 is 23.1 Å². The molecule has 0 radical (unpaired) electrons. The number of nitrogens with two attached hydrogens (primary N) is 1. The third-order valence-electron chi connectivity index (χ3n) is 5.57. The fourth-order valence-electron chi connectivity index (χ4n) is 4.06. The van der Waals surface area contributed by atoms with Gasteiger partial charge in [-0.1, -0.05) is 11.2 Å². The largest absolute Gasteiger partial charge is 0.477 e. The van der Waals surface area contributed by atoms with E-state index in [4.69, 9.17) is 10.6 Å². The summed E-state index contributed by atoms with van der Waals surface area (Å²) in [5.41, 5.74) is 7.26. The monoisotopic (exact) mass is 514 g/mol. The van der Waals surface area contributed by atoms with Crippen LogP contribution in [0.2, 0.25) is 0 Å². The van der Waals surface area contributed by atoms with Gasteiger partial charge in [0.1, 0.15) is 42.7 Å². The number of thiazole rings is 1. The molecule has 3 aromatic heterocycles. The molecule has 180 valence electrons. The lowest BCUT2D eigenvalue weighted by Gasteiger charge is -2.49. The molecule has 14 heteroatoms. The van der Waals surface area contributed by atoms with Crippen LogP contribution in [-0.2, 0) is 25.8 Å². The van der Waals surface area contributed by atoms with Crippen molar-refractivity contribution in [2.75, 3.05) is 18.6 Å². The number of aliphatic carboxylic acids is 1. The topological polar surface area (TPSA) is 156 Å². The van der Waals surface area contributed by atoms with Crippen LogP contribution in [0.15, 0.2) is 58.7 Å². The van der Waals surface area contributed by atoms with E-state index in [2.05, 4.69) is 15.5 Å². The molecule has 5 heterocycles. The molecule has 5 rings (SSSR count). The number of carbonyl (C=O) groups excluding carboxylic acids is 2. The van der Waals surface area contributed by atoms with Crippen molar-refractivity contribution in [3.63, 3.8) is 0 Å². The average molecular weight is 515 g/mol. The van der Waals surface area contributed by atoms with Gasteiger partial charge >= 0.3 is 5.97 Å². The molecular weight excluding hydrogens is 494 g/mol. The first-order valence-corrected chi connectivity index (χ1v) is 12.3. The van der Waals surface area contributed by atoms with Crippen molar-refractivity contribution in [2.45, 2.75) is 18.0 Å². The van der Waals surface area contributed by atoms with Gasteiger partial charge in [0, 0.05) is 16.7 Å². The number of nitrogen functional groups attached to an aromatic ring is 1. The number of imidazole rings is 1. The fraction of sp³-hybridized carbons (Fsp3) is 0.238. The van der Waals surface area contributed by atoms with E-state index >= 15 is 0 Å². The van der Waals surface area contributed by atoms with Crippen molar-refractivity contribution in [3.05, 3.63) is 59.3 Å². The number of anilines is 1. The molecule has 4 N–H and O–H groups in total. The van der Waals surface area contributed by atoms with E-state index < -0.39 is 29.2 Å². The maximum atomic E-state index is 13.0. The predicted molar refractivity (Wildman–Crippen MR) is 127 cm³/mol. The van der Waals surface area contributed by atoms with Gasteiger partial charge in [-0.3, -0.25) is 14.5 Å². The molecule has 1 saturated heterocycles. The van der Waals surface area contributed by atoms with Gasteiger partial charge in [0.05, 0.1) is 6.20 Å². The zero-order valence-corrected chi connectivity index (χ0v) is 20.0. The number of β-lactam (4-membered cyclic amide) rings is 1. The Balaban J connectivity index is 1.36. The van der Waals surface area contributed by atoms with Gasteiger partial charge in [0.15, 0.2) is 16.4 Å². The third kappa shape index (κ3) is 4.10. The summed E-state index contributed by atoms with van der Waals surface area (Å²) in [7, 11) is 1.29. The molecule has 2 aliphatic rings. The number of pyridine rings is 1. The molecule has 0 aliphatic carbocycles. The summed E-state index contributed by atoms with van der Waals surface area (Å²) >= 11 is 2.53. The normalized spacial score (nSPS) is 20.0. The first-order valence-electron chi connectivity index (χ1n) is 10.4. The predicted octanol–water partition coefficient (Wildman–Crippen LogP) is 0.0548. The molecule has 12 nitrogen and oxygen atoms in total. The van der Waals surface area contributed by atoms with Crippen LogP contribution in [0.5, 0.6) is 0 Å². The maximum absolute atomic E-state index is 13.0. The number of nitrogens with one attached hydrogen (secondary N) is 1. The molecule has 0 saturated carbocycles. The van der Waals surface area contributed by atoms with Crippen LogP contribution < -0.4 is 15.6 Å². The lowest BCUT2D eigenvalue weighted by Crippen LogP contribution is -2.71. The van der Waals surface area contributed by atoms with Crippen molar-refractivity contribution >= 4 is 57.2 Å². The molecule has 0 bridgehead atoms. The van der Waals surface area contributed by atoms with Gasteiger partial charge in [0.2, 0.25) is 6.33 Å². The number of carboxylic acid groups (broad SMARTS) is 1. The molecule has 2 unspecified atom stereocenters. The minimum Gasteiger partial charge on any atom is -0.477 e. The summed E-state index contributed by atoms with van der Waals surface area (Å²) in [5, 5.41) is 17.5. The first kappa shape index (κ1) is 22.9. The second kappa shape index (κ2) is 9.03. The van der Waals surface area contributed by atoms with Crippen LogP contribution in [0.4, 0.5) is 5.13 Å². The third-order valence-corrected chi connectivity index (χ3v) is 7.58. The fourth-order valence-corrected chi connectivity index (χ4v) is 5.94. The van der Waals surface area contributed by atoms with E-state index in [1.165, 1.54) is 23.8 Å². The first-order chi connectivity index (χ1) is 16.9. The van der Waals surface area contributed by atoms with Gasteiger partial charge in [-0.25, -0.2) is 18.7 Å². The highest BCUT2D eigenvalue weighted by atomic mass is 32.2. The second-order valence-electron chi connectivity index (χ2n) is 7.76. The van der Waals surface area contributed by atoms with Gasteiger partial charge < -0.3 is 21.0 Å². The van der Waals surface area contributed by atoms with Gasteiger partial charge in [-0.15, -0.1) is 23.1 Å². The van der Waals surface area contributed by atoms with Crippen molar-refractivity contribution in [1.82, 2.24) is 19.6 Å². The smallest absolute Gasteiger partial charge is 0.352 e. The number of fused-ring (bicyclic) bond motifs is 2. The zero-order valence-electron chi connectivity index (χ0n) is 18.3. The molecule has 3 aromatic rings. The zero-order chi connectivity index (χ0) is 24.7. The molecule has 0 aromatic carbocycles. The Morgan fingerprint density at radius 1 is 1.43 bits per heavy atom. The van der Waals surface area contributed by atoms with Crippen LogP contribution in [0.25, 0.3) is 5.52 Å². The molecule has 2 amide bonds. The summed E-state index contributed by atoms with van der Waals surface area (Å²) in [4.78, 5) is 48.0. The highest BCUT2D eigenvalue weighted by molar-refractivity contribution is 8.00. The van der Waals surface area contributed by atoms with Gasteiger partial charge in [-0.2, -0.15) is 0 Å². The summed E-state index contributed by atoms with van der Waals surface area (Å²) in [6.45, 7) is 0.319. The molecule has 0 spiro atoms. The van der Waals surface area contributed by atoms with Crippen molar-refractivity contribution in [1.29, 1.82) is 0 Å². The highest BCUT2D eigenvalue weighted by Crippen LogP contribution is 2.40. The number of amides is 2. The van der Waals surface area contributed by atoms with Crippen LogP contribution in [0, 0.1) is 0 Å². The molecule has 2 atom stereocenters. The summed E-state index contributed by atoms with van der Waals surface area (Å²) in [6, 6.07) is 4.86. The summed E-state index contributed by atoms with van der Waals surface area (Å²) in [6.07, 6.45) is 5.67. The van der Waals surface area contributed by atoms with E-state index in [0.29, 0.717) is 17.9 Å². The van der Waals surface area contributed by atoms with Crippen molar-refractivity contribution in [3.8, 4) is 0 Å². The Bertz CT molecular complexity index is 1380. The highest BCUT2D eigenvalue weighted by Gasteiger charge is 2.54. The Labute approximate surface area is 206 Å². The lowest BCUT2D eigenvalue weighted by atomic mass is 10.0. The van der Waals surface area contributed by atoms with Crippen molar-refractivity contribution in [2.24, 2.45) is 5.16 Å². The van der Waals surface area contributed by atoms with Crippen LogP contribution in [0.1, 0.15) is 5.69 Å². The number of rotatable bonds is 7. The van der Waals surface area contributed by atoms with Crippen molar-refractivity contribution < 1.29 is 28.9 Å². The minimum absolute atomic E-state index is 0.0509. The molecule has 35 heavy (non-hydrogen) atoms. The maximum Gasteiger partial charge on any atom is 0.352 e. The average Bonchev–Trinajstić information content (AvgIpc) is 3.45. The summed E-state index contributed by atoms with van der Waals surface area (Å²) in [5.74, 6) is -1.97. The number of carboxylic acids is 1. The van der Waals surface area contributed by atoms with Crippen LogP contribution in [0.3, 0.4) is 0 Å². The molecular formula is C21H20N7O5S2+. The Hall–Kier alpha value is -3.91. The van der Waals surface area contributed by atoms with Gasteiger partial charge in [0.25, 0.3) is 11.8 Å². The van der Waals surface area contributed by atoms with E-state index in [0.717, 1.165) is 16.9 Å². The summed E-state index contributed by atoms with van der Waals surface area (Å²) < 4.78 is 3.81. The molecule has 2 aliphatic heterocycles. The quantitative estimate of drug-likeness (QED) is 0.173. The standard InChI is InChI=1S/C21H19N7O5S2/c1-33-25-14(13-9-35-21(22)23-13)17(29)24-15-18(30)28-16(20(31)32)11(8-34-19(15)28)6-26-7-12-4-2-3-5-27(12)10-26/h2-5,7,9-10,15,19H,6,8H2,1H3,(H3-,22,23,24,29,31,32)/p+1/b25-14+. The number of thioether (sulfide) groups is 1. The second-order valence-corrected chi connectivity index (χ2v) is 9.76. The molecule has 1 fully saturated rings. The number of oxime groups is 1. The Kier molecular flexibility index (Phi) is 5.90. The minimum atomic E-state index is -1.19. The lowest BCUT2D eigenvalue weighted by molar-refractivity contribution is -0.687. The number of nitrogens with zero attached hydrogens (tertiary/aromatic N) is 5. The number of hydrogen-bond donors (Lipinski definition) is 3. The van der Waals surface area contributed by atoms with E-state index in [1.54, 1.807) is 5.38 Å². The van der Waals surface area contributed by atoms with E-state index in [1.807, 2.05) is 45.9 Å². The number of aromatic nitrogens is 3. The number of carbonyl (C=O) groups is 3.